The van der Waals surface area contributed by atoms with Crippen molar-refractivity contribution in [2.75, 3.05) is 11.4 Å². The summed E-state index contributed by atoms with van der Waals surface area (Å²) in [6.07, 6.45) is 4.66. The molecule has 7 nitrogen and oxygen atoms in total. The first-order chi connectivity index (χ1) is 15.9. The van der Waals surface area contributed by atoms with Crippen LogP contribution in [0.3, 0.4) is 0 Å². The fourth-order valence-electron chi connectivity index (χ4n) is 5.31. The van der Waals surface area contributed by atoms with E-state index in [9.17, 15) is 13.6 Å². The molecule has 33 heavy (non-hydrogen) atoms. The Bertz CT molecular complexity index is 1300. The summed E-state index contributed by atoms with van der Waals surface area (Å²) in [6.45, 7) is 1.42. The molecule has 3 aliphatic heterocycles. The number of rotatable bonds is 5. The summed E-state index contributed by atoms with van der Waals surface area (Å²) in [6, 6.07) is 6.79. The van der Waals surface area contributed by atoms with Gasteiger partial charge in [0.15, 0.2) is 17.4 Å². The van der Waals surface area contributed by atoms with Crippen molar-refractivity contribution >= 4 is 17.4 Å². The Kier molecular flexibility index (Phi) is 4.58. The number of hydrogen-bond acceptors (Lipinski definition) is 6. The average Bonchev–Trinajstić information content (AvgIpc) is 3.32. The van der Waals surface area contributed by atoms with Crippen LogP contribution in [0.25, 0.3) is 0 Å². The summed E-state index contributed by atoms with van der Waals surface area (Å²) in [5.41, 5.74) is 0.0276. The topological polar surface area (TPSA) is 69.5 Å². The second-order valence-corrected chi connectivity index (χ2v) is 9.23. The maximum absolute atomic E-state index is 14.6. The van der Waals surface area contributed by atoms with Crippen LogP contribution in [0.4, 0.5) is 14.6 Å². The van der Waals surface area contributed by atoms with Gasteiger partial charge in [-0.15, -0.1) is 0 Å². The second kappa shape index (κ2) is 7.41. The highest BCUT2D eigenvalue weighted by Crippen LogP contribution is 2.56. The zero-order valence-corrected chi connectivity index (χ0v) is 18.2. The monoisotopic (exact) mass is 472 g/mol. The maximum Gasteiger partial charge on any atom is 0.352 e. The molecule has 0 radical (unpaired) electrons. The van der Waals surface area contributed by atoms with Gasteiger partial charge in [0.25, 0.3) is 0 Å². The Morgan fingerprint density at radius 3 is 2.73 bits per heavy atom. The van der Waals surface area contributed by atoms with E-state index in [4.69, 9.17) is 21.1 Å². The molecule has 0 amide bonds. The minimum atomic E-state index is -0.890. The lowest BCUT2D eigenvalue weighted by molar-refractivity contribution is 0.204. The summed E-state index contributed by atoms with van der Waals surface area (Å²) >= 11 is 5.78. The van der Waals surface area contributed by atoms with Crippen molar-refractivity contribution in [3.05, 3.63) is 69.4 Å². The molecule has 1 saturated carbocycles. The molecule has 1 spiro atoms. The quantitative estimate of drug-likeness (QED) is 0.515. The molecule has 3 fully saturated rings. The number of benzene rings is 1. The van der Waals surface area contributed by atoms with Crippen LogP contribution < -0.4 is 20.1 Å². The third kappa shape index (κ3) is 3.42. The van der Waals surface area contributed by atoms with Gasteiger partial charge in [-0.2, -0.15) is 4.98 Å². The normalized spacial score (nSPS) is 22.4. The molecule has 1 aromatic carbocycles. The number of anilines is 1. The van der Waals surface area contributed by atoms with Gasteiger partial charge < -0.3 is 14.4 Å². The van der Waals surface area contributed by atoms with E-state index in [0.717, 1.165) is 30.9 Å². The van der Waals surface area contributed by atoms with E-state index in [-0.39, 0.29) is 40.2 Å². The maximum atomic E-state index is 14.6. The van der Waals surface area contributed by atoms with Gasteiger partial charge >= 0.3 is 5.69 Å². The average molecular weight is 473 g/mol. The van der Waals surface area contributed by atoms with Crippen molar-refractivity contribution < 1.29 is 18.3 Å². The van der Waals surface area contributed by atoms with E-state index in [1.807, 2.05) is 0 Å². The standard InChI is InChI=1S/C23H19ClF2N4O3/c24-18-7-15(1-3-27-18)33-21-16(25)5-13(6-17(21)26)12-32-19-8-20-29(22(31)28-19)4-2-23-9-14(10-23)11-30(20)23/h1,3,5-8,14H,2,4,9-12H2. The highest BCUT2D eigenvalue weighted by Gasteiger charge is 2.57. The van der Waals surface area contributed by atoms with Crippen LogP contribution in [0.5, 0.6) is 17.4 Å². The predicted molar refractivity (Wildman–Crippen MR) is 116 cm³/mol. The Balaban J connectivity index is 1.21. The van der Waals surface area contributed by atoms with E-state index in [1.165, 1.54) is 31.2 Å². The molecule has 2 bridgehead atoms. The van der Waals surface area contributed by atoms with Crippen molar-refractivity contribution in [3.63, 3.8) is 0 Å². The number of pyridine rings is 1. The lowest BCUT2D eigenvalue weighted by Gasteiger charge is -2.46. The number of fused-ring (bicyclic) bond motifs is 1. The van der Waals surface area contributed by atoms with Crippen LogP contribution in [-0.2, 0) is 13.2 Å². The van der Waals surface area contributed by atoms with E-state index in [2.05, 4.69) is 14.9 Å². The van der Waals surface area contributed by atoms with E-state index < -0.39 is 17.4 Å². The van der Waals surface area contributed by atoms with Gasteiger partial charge in [0.05, 0.1) is 0 Å². The summed E-state index contributed by atoms with van der Waals surface area (Å²) in [7, 11) is 0. The van der Waals surface area contributed by atoms with E-state index in [0.29, 0.717) is 12.5 Å². The van der Waals surface area contributed by atoms with Gasteiger partial charge in [-0.25, -0.2) is 18.6 Å². The van der Waals surface area contributed by atoms with Crippen molar-refractivity contribution in [1.29, 1.82) is 0 Å². The SMILES string of the molecule is O=c1nc(OCc2cc(F)c(Oc3ccnc(Cl)c3)c(F)c2)cc2n1CCC13CC(CN21)C3. The zero-order valence-electron chi connectivity index (χ0n) is 17.4. The van der Waals surface area contributed by atoms with Gasteiger partial charge in [-0.05, 0) is 48.9 Å². The van der Waals surface area contributed by atoms with Crippen molar-refractivity contribution in [2.24, 2.45) is 5.92 Å². The number of halogens is 3. The first-order valence-corrected chi connectivity index (χ1v) is 11.1. The van der Waals surface area contributed by atoms with E-state index in [1.54, 1.807) is 10.6 Å². The Hall–Kier alpha value is -3.20. The minimum Gasteiger partial charge on any atom is -0.473 e. The second-order valence-electron chi connectivity index (χ2n) is 8.84. The fraction of sp³-hybridized carbons (Fsp3) is 0.348. The number of hydrogen-bond donors (Lipinski definition) is 0. The number of ether oxygens (including phenoxy) is 2. The molecule has 2 aromatic heterocycles. The number of aromatic nitrogens is 3. The molecular weight excluding hydrogens is 454 g/mol. The minimum absolute atomic E-state index is 0.139. The van der Waals surface area contributed by atoms with Crippen molar-refractivity contribution in [1.82, 2.24) is 14.5 Å². The molecule has 0 N–H and O–H groups in total. The van der Waals surface area contributed by atoms with Gasteiger partial charge in [-0.1, -0.05) is 11.6 Å². The van der Waals surface area contributed by atoms with Crippen LogP contribution in [0.1, 0.15) is 24.8 Å². The summed E-state index contributed by atoms with van der Waals surface area (Å²) in [5.74, 6) is -0.539. The fourth-order valence-corrected chi connectivity index (χ4v) is 5.47. The van der Waals surface area contributed by atoms with E-state index >= 15 is 0 Å². The lowest BCUT2D eigenvalue weighted by Crippen LogP contribution is -2.52. The predicted octanol–water partition coefficient (Wildman–Crippen LogP) is 4.31. The van der Waals surface area contributed by atoms with Crippen LogP contribution in [0, 0.1) is 17.6 Å². The van der Waals surface area contributed by atoms with Gasteiger partial charge in [-0.3, -0.25) is 4.57 Å². The molecule has 7 rings (SSSR count). The Morgan fingerprint density at radius 2 is 1.97 bits per heavy atom. The zero-order chi connectivity index (χ0) is 22.7. The molecule has 0 unspecified atom stereocenters. The Morgan fingerprint density at radius 1 is 1.18 bits per heavy atom. The summed E-state index contributed by atoms with van der Waals surface area (Å²) in [5, 5.41) is 0.142. The third-order valence-corrected chi connectivity index (χ3v) is 6.96. The third-order valence-electron chi connectivity index (χ3n) is 6.76. The van der Waals surface area contributed by atoms with Crippen LogP contribution >= 0.6 is 11.6 Å². The van der Waals surface area contributed by atoms with Crippen LogP contribution in [0.2, 0.25) is 5.15 Å². The lowest BCUT2D eigenvalue weighted by atomic mass is 9.71. The first-order valence-electron chi connectivity index (χ1n) is 10.7. The van der Waals surface area contributed by atoms with Crippen molar-refractivity contribution in [2.45, 2.75) is 38.0 Å². The van der Waals surface area contributed by atoms with Crippen LogP contribution in [-0.4, -0.2) is 26.6 Å². The molecule has 0 atom stereocenters. The molecule has 5 heterocycles. The highest BCUT2D eigenvalue weighted by atomic mass is 35.5. The molecule has 3 aromatic rings. The molecule has 170 valence electrons. The Labute approximate surface area is 192 Å². The van der Waals surface area contributed by atoms with Gasteiger partial charge in [0.2, 0.25) is 5.88 Å². The molecule has 4 aliphatic rings. The molecule has 10 heteroatoms. The molecule has 1 aliphatic carbocycles. The number of nitrogens with zero attached hydrogens (tertiary/aromatic N) is 4. The van der Waals surface area contributed by atoms with Gasteiger partial charge in [0.1, 0.15) is 23.3 Å². The molecule has 2 saturated heterocycles. The largest absolute Gasteiger partial charge is 0.473 e. The summed E-state index contributed by atoms with van der Waals surface area (Å²) in [4.78, 5) is 22.7. The first kappa shape index (κ1) is 20.4. The van der Waals surface area contributed by atoms with Crippen LogP contribution in [0.15, 0.2) is 41.3 Å². The summed E-state index contributed by atoms with van der Waals surface area (Å²) < 4.78 is 41.8. The van der Waals surface area contributed by atoms with Crippen molar-refractivity contribution in [3.8, 4) is 17.4 Å². The molecular formula is C23H19ClF2N4O3. The van der Waals surface area contributed by atoms with Gasteiger partial charge in [0, 0.05) is 37.0 Å². The smallest absolute Gasteiger partial charge is 0.352 e. The highest BCUT2D eigenvalue weighted by molar-refractivity contribution is 6.29.